The van der Waals surface area contributed by atoms with Crippen molar-refractivity contribution in [3.05, 3.63) is 76.4 Å². The maximum Gasteiger partial charge on any atom is 0.150 e. The Morgan fingerprint density at radius 1 is 0.960 bits per heavy atom. The van der Waals surface area contributed by atoms with E-state index < -0.39 is 0 Å². The first-order chi connectivity index (χ1) is 12.1. The van der Waals surface area contributed by atoms with E-state index in [1.165, 1.54) is 16.7 Å². The van der Waals surface area contributed by atoms with Crippen LogP contribution in [0.3, 0.4) is 0 Å². The molecule has 0 spiro atoms. The van der Waals surface area contributed by atoms with Crippen LogP contribution in [-0.2, 0) is 12.8 Å². The highest BCUT2D eigenvalue weighted by atomic mass is 35.5. The minimum Gasteiger partial charge on any atom is -0.382 e. The molecule has 2 aromatic carbocycles. The Bertz CT molecular complexity index is 1090. The highest BCUT2D eigenvalue weighted by molar-refractivity contribution is 6.30. The van der Waals surface area contributed by atoms with Gasteiger partial charge in [0.1, 0.15) is 5.52 Å². The maximum atomic E-state index is 6.12. The minimum atomic E-state index is 0.481. The van der Waals surface area contributed by atoms with Crippen LogP contribution in [0.1, 0.15) is 16.7 Å². The van der Waals surface area contributed by atoms with E-state index in [4.69, 9.17) is 17.3 Å². The molecule has 0 aliphatic carbocycles. The predicted octanol–water partition coefficient (Wildman–Crippen LogP) is 5.11. The number of aryl methyl sites for hydroxylation is 3. The zero-order valence-corrected chi connectivity index (χ0v) is 14.7. The third-order valence-corrected chi connectivity index (χ3v) is 4.70. The molecule has 0 bridgehead atoms. The molecule has 0 radical (unpaired) electrons. The molecule has 0 saturated heterocycles. The van der Waals surface area contributed by atoms with Gasteiger partial charge in [0.15, 0.2) is 5.82 Å². The van der Waals surface area contributed by atoms with E-state index in [-0.39, 0.29) is 0 Å². The highest BCUT2D eigenvalue weighted by Gasteiger charge is 2.09. The van der Waals surface area contributed by atoms with Gasteiger partial charge in [0.2, 0.25) is 0 Å². The van der Waals surface area contributed by atoms with Crippen LogP contribution in [-0.4, -0.2) is 9.97 Å². The molecular formula is C21H18ClN3. The smallest absolute Gasteiger partial charge is 0.150 e. The third-order valence-electron chi connectivity index (χ3n) is 4.46. The van der Waals surface area contributed by atoms with Crippen molar-refractivity contribution >= 4 is 39.2 Å². The maximum absolute atomic E-state index is 6.12. The molecule has 124 valence electrons. The fraction of sp³-hybridized carbons (Fsp3) is 0.143. The summed E-state index contributed by atoms with van der Waals surface area (Å²) in [6, 6.07) is 16.4. The summed E-state index contributed by atoms with van der Waals surface area (Å²) in [6.07, 6.45) is 3.72. The van der Waals surface area contributed by atoms with Crippen molar-refractivity contribution in [3.63, 3.8) is 0 Å². The summed E-state index contributed by atoms with van der Waals surface area (Å²) in [7, 11) is 0. The summed E-state index contributed by atoms with van der Waals surface area (Å²) in [6.45, 7) is 2.06. The van der Waals surface area contributed by atoms with E-state index in [2.05, 4.69) is 47.2 Å². The average Bonchev–Trinajstić information content (AvgIpc) is 2.60. The molecule has 25 heavy (non-hydrogen) atoms. The van der Waals surface area contributed by atoms with Crippen molar-refractivity contribution in [2.45, 2.75) is 19.8 Å². The van der Waals surface area contributed by atoms with Gasteiger partial charge in [-0.25, -0.2) is 4.98 Å². The quantitative estimate of drug-likeness (QED) is 0.524. The average molecular weight is 348 g/mol. The Kier molecular flexibility index (Phi) is 4.02. The molecule has 3 nitrogen and oxygen atoms in total. The van der Waals surface area contributed by atoms with Crippen LogP contribution in [0.15, 0.2) is 54.7 Å². The second-order valence-corrected chi connectivity index (χ2v) is 6.82. The molecule has 4 rings (SSSR count). The first kappa shape index (κ1) is 15.9. The van der Waals surface area contributed by atoms with Gasteiger partial charge in [-0.05, 0) is 60.7 Å². The molecular weight excluding hydrogens is 330 g/mol. The van der Waals surface area contributed by atoms with Gasteiger partial charge in [0.05, 0.1) is 5.52 Å². The van der Waals surface area contributed by atoms with Gasteiger partial charge in [-0.1, -0.05) is 35.9 Å². The lowest BCUT2D eigenvalue weighted by molar-refractivity contribution is 0.955. The SMILES string of the molecule is Cc1ccc2c(c1)nc(N)c1ncc(CCc3cccc(Cl)c3)cc12. The first-order valence-electron chi connectivity index (χ1n) is 8.29. The fourth-order valence-corrected chi connectivity index (χ4v) is 3.39. The number of halogens is 1. The predicted molar refractivity (Wildman–Crippen MR) is 105 cm³/mol. The van der Waals surface area contributed by atoms with Gasteiger partial charge in [-0.15, -0.1) is 0 Å². The van der Waals surface area contributed by atoms with Crippen molar-refractivity contribution in [2.24, 2.45) is 0 Å². The molecule has 0 aliphatic rings. The van der Waals surface area contributed by atoms with Crippen molar-refractivity contribution in [1.82, 2.24) is 9.97 Å². The van der Waals surface area contributed by atoms with E-state index in [0.29, 0.717) is 5.82 Å². The van der Waals surface area contributed by atoms with Crippen LogP contribution in [0.5, 0.6) is 0 Å². The summed E-state index contributed by atoms with van der Waals surface area (Å²) >= 11 is 6.07. The van der Waals surface area contributed by atoms with Crippen LogP contribution in [0.4, 0.5) is 5.82 Å². The van der Waals surface area contributed by atoms with Crippen LogP contribution in [0.25, 0.3) is 21.8 Å². The molecule has 0 amide bonds. The lowest BCUT2D eigenvalue weighted by atomic mass is 10.0. The van der Waals surface area contributed by atoms with E-state index in [1.54, 1.807) is 0 Å². The summed E-state index contributed by atoms with van der Waals surface area (Å²) in [5.74, 6) is 0.481. The van der Waals surface area contributed by atoms with Crippen molar-refractivity contribution in [2.75, 3.05) is 5.73 Å². The number of hydrogen-bond donors (Lipinski definition) is 1. The molecule has 0 aliphatic heterocycles. The van der Waals surface area contributed by atoms with E-state index in [1.807, 2.05) is 24.4 Å². The standard InChI is InChI=1S/C21H18ClN3/c1-13-5-8-17-18-11-15(7-6-14-3-2-4-16(22)10-14)12-24-20(18)21(23)25-19(17)9-13/h2-5,8-12H,6-7H2,1H3,(H2,23,25). The van der Waals surface area contributed by atoms with Gasteiger partial charge in [-0.2, -0.15) is 0 Å². The number of rotatable bonds is 3. The van der Waals surface area contributed by atoms with Crippen molar-refractivity contribution in [1.29, 1.82) is 0 Å². The Morgan fingerprint density at radius 2 is 1.80 bits per heavy atom. The largest absolute Gasteiger partial charge is 0.382 e. The molecule has 0 fully saturated rings. The summed E-state index contributed by atoms with van der Waals surface area (Å²) in [5.41, 5.74) is 11.4. The van der Waals surface area contributed by atoms with Crippen LogP contribution in [0.2, 0.25) is 5.02 Å². The number of hydrogen-bond acceptors (Lipinski definition) is 3. The number of nitrogen functional groups attached to an aromatic ring is 1. The molecule has 0 atom stereocenters. The van der Waals surface area contributed by atoms with E-state index in [0.717, 1.165) is 39.7 Å². The molecule has 0 saturated carbocycles. The molecule has 0 unspecified atom stereocenters. The highest BCUT2D eigenvalue weighted by Crippen LogP contribution is 2.28. The van der Waals surface area contributed by atoms with Crippen LogP contribution in [0, 0.1) is 6.92 Å². The van der Waals surface area contributed by atoms with Crippen LogP contribution >= 0.6 is 11.6 Å². The number of anilines is 1. The number of nitrogens with two attached hydrogens (primary N) is 1. The molecule has 4 heteroatoms. The number of pyridine rings is 2. The second kappa shape index (κ2) is 6.34. The monoisotopic (exact) mass is 347 g/mol. The Morgan fingerprint density at radius 3 is 2.64 bits per heavy atom. The van der Waals surface area contributed by atoms with Gasteiger partial charge in [0, 0.05) is 22.0 Å². The second-order valence-electron chi connectivity index (χ2n) is 6.39. The Labute approximate surface area is 151 Å². The number of nitrogens with zero attached hydrogens (tertiary/aromatic N) is 2. The number of benzene rings is 2. The molecule has 2 heterocycles. The summed E-state index contributed by atoms with van der Waals surface area (Å²) < 4.78 is 0. The van der Waals surface area contributed by atoms with Crippen LogP contribution < -0.4 is 5.73 Å². The topological polar surface area (TPSA) is 51.8 Å². The Hall–Kier alpha value is -2.65. The molecule has 2 aromatic heterocycles. The molecule has 4 aromatic rings. The summed E-state index contributed by atoms with van der Waals surface area (Å²) in [5, 5.41) is 2.92. The lowest BCUT2D eigenvalue weighted by Gasteiger charge is -2.09. The zero-order valence-electron chi connectivity index (χ0n) is 14.0. The number of fused-ring (bicyclic) bond motifs is 3. The number of aromatic nitrogens is 2. The minimum absolute atomic E-state index is 0.481. The third kappa shape index (κ3) is 3.15. The fourth-order valence-electron chi connectivity index (χ4n) is 3.18. The lowest BCUT2D eigenvalue weighted by Crippen LogP contribution is -1.98. The Balaban J connectivity index is 1.74. The van der Waals surface area contributed by atoms with Gasteiger partial charge in [0.25, 0.3) is 0 Å². The van der Waals surface area contributed by atoms with Crippen molar-refractivity contribution in [3.8, 4) is 0 Å². The zero-order chi connectivity index (χ0) is 17.4. The first-order valence-corrected chi connectivity index (χ1v) is 8.67. The normalized spacial score (nSPS) is 11.3. The molecule has 2 N–H and O–H groups in total. The van der Waals surface area contributed by atoms with Gasteiger partial charge in [-0.3, -0.25) is 4.98 Å². The van der Waals surface area contributed by atoms with E-state index in [9.17, 15) is 0 Å². The van der Waals surface area contributed by atoms with Gasteiger partial charge < -0.3 is 5.73 Å². The summed E-state index contributed by atoms with van der Waals surface area (Å²) in [4.78, 5) is 9.07. The van der Waals surface area contributed by atoms with Gasteiger partial charge >= 0.3 is 0 Å². The van der Waals surface area contributed by atoms with E-state index >= 15 is 0 Å². The van der Waals surface area contributed by atoms with Crippen molar-refractivity contribution < 1.29 is 0 Å².